The van der Waals surface area contributed by atoms with Crippen LogP contribution in [0.1, 0.15) is 38.2 Å². The highest BCUT2D eigenvalue weighted by atomic mass is 35.5. The Labute approximate surface area is 124 Å². The molecule has 0 aromatic heterocycles. The number of aliphatic imine (C=N–C) groups is 1. The number of hydrogen-bond donors (Lipinski definition) is 0. The van der Waals surface area contributed by atoms with E-state index in [9.17, 15) is 4.79 Å². The summed E-state index contributed by atoms with van der Waals surface area (Å²) in [4.78, 5) is 14.8. The number of benzene rings is 1. The third kappa shape index (κ3) is 2.95. The maximum absolute atomic E-state index is 10.8. The van der Waals surface area contributed by atoms with Gasteiger partial charge in [0.1, 0.15) is 12.4 Å². The number of hydrogen-bond acceptors (Lipinski definition) is 3. The first-order valence-corrected chi connectivity index (χ1v) is 7.12. The van der Waals surface area contributed by atoms with Gasteiger partial charge >= 0.3 is 0 Å². The van der Waals surface area contributed by atoms with Crippen LogP contribution in [0.5, 0.6) is 5.75 Å². The predicted octanol–water partition coefficient (Wildman–Crippen LogP) is 4.40. The van der Waals surface area contributed by atoms with E-state index in [0.717, 1.165) is 36.8 Å². The first kappa shape index (κ1) is 14.8. The zero-order valence-electron chi connectivity index (χ0n) is 11.6. The molecular formula is C16H18ClNO2. The lowest BCUT2D eigenvalue weighted by atomic mass is 9.88. The summed E-state index contributed by atoms with van der Waals surface area (Å²) in [5.74, 6) is 0.611. The summed E-state index contributed by atoms with van der Waals surface area (Å²) in [7, 11) is 0. The van der Waals surface area contributed by atoms with E-state index in [4.69, 9.17) is 16.3 Å². The molecular weight excluding hydrogens is 274 g/mol. The van der Waals surface area contributed by atoms with Gasteiger partial charge in [-0.1, -0.05) is 43.2 Å². The number of halogens is 1. The van der Waals surface area contributed by atoms with Crippen molar-refractivity contribution in [1.29, 1.82) is 0 Å². The SMILES string of the molecule is C=C(C)COc1cccc(C2(N=C=O)CCCC2)c1Cl. The van der Waals surface area contributed by atoms with E-state index >= 15 is 0 Å². The van der Waals surface area contributed by atoms with Gasteiger partial charge in [-0.3, -0.25) is 0 Å². The molecule has 0 spiro atoms. The molecule has 0 aliphatic heterocycles. The molecule has 4 heteroatoms. The molecule has 0 saturated heterocycles. The molecule has 1 aliphatic rings. The fraction of sp³-hybridized carbons (Fsp3) is 0.438. The summed E-state index contributed by atoms with van der Waals surface area (Å²) in [5.41, 5.74) is 1.26. The molecule has 20 heavy (non-hydrogen) atoms. The van der Waals surface area contributed by atoms with Gasteiger partial charge in [-0.2, -0.15) is 4.99 Å². The summed E-state index contributed by atoms with van der Waals surface area (Å²) < 4.78 is 5.65. The Bertz CT molecular complexity index is 556. The normalized spacial score (nSPS) is 16.5. The molecule has 0 radical (unpaired) electrons. The summed E-state index contributed by atoms with van der Waals surface area (Å²) in [5, 5.41) is 0.537. The van der Waals surface area contributed by atoms with E-state index in [2.05, 4.69) is 11.6 Å². The van der Waals surface area contributed by atoms with E-state index < -0.39 is 5.54 Å². The number of carbonyl (C=O) groups excluding carboxylic acids is 1. The number of isocyanates is 1. The van der Waals surface area contributed by atoms with Gasteiger partial charge in [-0.05, 0) is 31.4 Å². The van der Waals surface area contributed by atoms with Crippen molar-refractivity contribution in [2.24, 2.45) is 4.99 Å². The molecule has 1 aliphatic carbocycles. The molecule has 3 nitrogen and oxygen atoms in total. The Kier molecular flexibility index (Phi) is 4.64. The number of ether oxygens (including phenoxy) is 1. The van der Waals surface area contributed by atoms with E-state index in [1.807, 2.05) is 25.1 Å². The number of rotatable bonds is 5. The van der Waals surface area contributed by atoms with Crippen LogP contribution in [0.2, 0.25) is 5.02 Å². The smallest absolute Gasteiger partial charge is 0.235 e. The van der Waals surface area contributed by atoms with Crippen LogP contribution in [-0.4, -0.2) is 12.7 Å². The molecule has 0 bridgehead atoms. The Morgan fingerprint density at radius 3 is 2.80 bits per heavy atom. The maximum atomic E-state index is 10.8. The lowest BCUT2D eigenvalue weighted by molar-refractivity contribution is 0.350. The standard InChI is InChI=1S/C16H18ClNO2/c1-12(2)10-20-14-7-5-6-13(15(14)17)16(18-11-19)8-3-4-9-16/h5-7H,1,3-4,8-10H2,2H3. The van der Waals surface area contributed by atoms with Crippen LogP contribution in [0.15, 0.2) is 35.3 Å². The second kappa shape index (κ2) is 6.25. The first-order chi connectivity index (χ1) is 9.59. The molecule has 1 aromatic carbocycles. The highest BCUT2D eigenvalue weighted by Gasteiger charge is 2.37. The quantitative estimate of drug-likeness (QED) is 0.458. The van der Waals surface area contributed by atoms with Crippen molar-refractivity contribution in [3.63, 3.8) is 0 Å². The maximum Gasteiger partial charge on any atom is 0.235 e. The van der Waals surface area contributed by atoms with Crippen LogP contribution in [-0.2, 0) is 10.3 Å². The molecule has 1 aromatic rings. The van der Waals surface area contributed by atoms with Gasteiger partial charge in [0.25, 0.3) is 0 Å². The highest BCUT2D eigenvalue weighted by molar-refractivity contribution is 6.33. The second-order valence-corrected chi connectivity index (χ2v) is 5.68. The summed E-state index contributed by atoms with van der Waals surface area (Å²) in [6, 6.07) is 5.62. The van der Waals surface area contributed by atoms with Gasteiger partial charge < -0.3 is 4.74 Å². The Balaban J connectivity index is 2.38. The minimum atomic E-state index is -0.526. The molecule has 1 fully saturated rings. The third-order valence-corrected chi connectivity index (χ3v) is 4.02. The first-order valence-electron chi connectivity index (χ1n) is 6.74. The van der Waals surface area contributed by atoms with Gasteiger partial charge in [0.2, 0.25) is 6.08 Å². The van der Waals surface area contributed by atoms with Gasteiger partial charge in [-0.25, -0.2) is 4.79 Å². The highest BCUT2D eigenvalue weighted by Crippen LogP contribution is 2.46. The van der Waals surface area contributed by atoms with Crippen molar-refractivity contribution in [3.05, 3.63) is 40.9 Å². The Morgan fingerprint density at radius 2 is 2.20 bits per heavy atom. The lowest BCUT2D eigenvalue weighted by Gasteiger charge is -2.25. The second-order valence-electron chi connectivity index (χ2n) is 5.31. The zero-order valence-corrected chi connectivity index (χ0v) is 12.4. The topological polar surface area (TPSA) is 38.7 Å². The Hall–Kier alpha value is -1.57. The molecule has 0 N–H and O–H groups in total. The van der Waals surface area contributed by atoms with E-state index in [1.165, 1.54) is 0 Å². The molecule has 1 saturated carbocycles. The fourth-order valence-corrected chi connectivity index (χ4v) is 3.03. The minimum Gasteiger partial charge on any atom is -0.488 e. The fourth-order valence-electron chi connectivity index (χ4n) is 2.67. The Morgan fingerprint density at radius 1 is 1.50 bits per heavy atom. The van der Waals surface area contributed by atoms with Crippen LogP contribution < -0.4 is 4.74 Å². The zero-order chi connectivity index (χ0) is 14.6. The van der Waals surface area contributed by atoms with Crippen LogP contribution >= 0.6 is 11.6 Å². The monoisotopic (exact) mass is 291 g/mol. The van der Waals surface area contributed by atoms with Gasteiger partial charge in [0.15, 0.2) is 0 Å². The third-order valence-electron chi connectivity index (χ3n) is 3.63. The molecule has 0 atom stereocenters. The van der Waals surface area contributed by atoms with Crippen LogP contribution in [0.3, 0.4) is 0 Å². The minimum absolute atomic E-state index is 0.424. The lowest BCUT2D eigenvalue weighted by Crippen LogP contribution is -2.19. The van der Waals surface area contributed by atoms with E-state index in [-0.39, 0.29) is 0 Å². The molecule has 2 rings (SSSR count). The summed E-state index contributed by atoms with van der Waals surface area (Å²) in [6.45, 7) is 6.12. The molecule has 106 valence electrons. The average Bonchev–Trinajstić information content (AvgIpc) is 2.87. The molecule has 0 unspecified atom stereocenters. The van der Waals surface area contributed by atoms with Gasteiger partial charge in [0, 0.05) is 5.56 Å². The van der Waals surface area contributed by atoms with Crippen molar-refractivity contribution in [2.45, 2.75) is 38.1 Å². The van der Waals surface area contributed by atoms with Gasteiger partial charge in [0.05, 0.1) is 10.6 Å². The van der Waals surface area contributed by atoms with Crippen molar-refractivity contribution in [2.75, 3.05) is 6.61 Å². The van der Waals surface area contributed by atoms with Crippen LogP contribution in [0.4, 0.5) is 0 Å². The van der Waals surface area contributed by atoms with E-state index in [0.29, 0.717) is 17.4 Å². The summed E-state index contributed by atoms with van der Waals surface area (Å²) >= 11 is 6.45. The number of nitrogens with zero attached hydrogens (tertiary/aromatic N) is 1. The van der Waals surface area contributed by atoms with Crippen LogP contribution in [0, 0.1) is 0 Å². The van der Waals surface area contributed by atoms with Crippen molar-refractivity contribution in [3.8, 4) is 5.75 Å². The van der Waals surface area contributed by atoms with Crippen LogP contribution in [0.25, 0.3) is 0 Å². The summed E-state index contributed by atoms with van der Waals surface area (Å²) in [6.07, 6.45) is 5.44. The largest absolute Gasteiger partial charge is 0.488 e. The molecule has 0 amide bonds. The average molecular weight is 292 g/mol. The van der Waals surface area contributed by atoms with Crippen molar-refractivity contribution in [1.82, 2.24) is 0 Å². The van der Waals surface area contributed by atoms with Gasteiger partial charge in [-0.15, -0.1) is 0 Å². The van der Waals surface area contributed by atoms with E-state index in [1.54, 1.807) is 6.08 Å². The predicted molar refractivity (Wildman–Crippen MR) is 80.0 cm³/mol. The molecule has 0 heterocycles. The van der Waals surface area contributed by atoms with Crippen molar-refractivity contribution < 1.29 is 9.53 Å². The van der Waals surface area contributed by atoms with Crippen molar-refractivity contribution >= 4 is 17.7 Å².